The summed E-state index contributed by atoms with van der Waals surface area (Å²) in [6, 6.07) is 5.31. The molecule has 118 valence electrons. The fourth-order valence-corrected chi connectivity index (χ4v) is 2.93. The smallest absolute Gasteiger partial charge is 0.327 e. The zero-order chi connectivity index (χ0) is 15.7. The second kappa shape index (κ2) is 5.96. The van der Waals surface area contributed by atoms with Gasteiger partial charge < -0.3 is 14.4 Å². The summed E-state index contributed by atoms with van der Waals surface area (Å²) in [6.45, 7) is 3.66. The van der Waals surface area contributed by atoms with E-state index in [4.69, 9.17) is 9.47 Å². The molecule has 2 heterocycles. The Morgan fingerprint density at radius 1 is 1.36 bits per heavy atom. The van der Waals surface area contributed by atoms with Crippen molar-refractivity contribution in [2.24, 2.45) is 0 Å². The number of nitrogens with zero attached hydrogens (tertiary/aromatic N) is 2. The van der Waals surface area contributed by atoms with Crippen LogP contribution in [0.4, 0.5) is 4.79 Å². The highest BCUT2D eigenvalue weighted by Crippen LogP contribution is 2.23. The van der Waals surface area contributed by atoms with Gasteiger partial charge in [-0.3, -0.25) is 9.69 Å². The van der Waals surface area contributed by atoms with E-state index in [1.807, 2.05) is 25.1 Å². The summed E-state index contributed by atoms with van der Waals surface area (Å²) in [4.78, 5) is 27.6. The monoisotopic (exact) mass is 304 g/mol. The highest BCUT2D eigenvalue weighted by molar-refractivity contribution is 6.04. The van der Waals surface area contributed by atoms with E-state index < -0.39 is 6.04 Å². The maximum Gasteiger partial charge on any atom is 0.327 e. The SMILES string of the molecule is COc1cc(CCN2C(=O)C3COCCN3C2=O)ccc1C. The predicted molar refractivity (Wildman–Crippen MR) is 79.9 cm³/mol. The fourth-order valence-electron chi connectivity index (χ4n) is 2.93. The molecule has 1 aromatic rings. The van der Waals surface area contributed by atoms with Gasteiger partial charge >= 0.3 is 6.03 Å². The van der Waals surface area contributed by atoms with Crippen molar-refractivity contribution < 1.29 is 19.1 Å². The first-order valence-corrected chi connectivity index (χ1v) is 7.45. The van der Waals surface area contributed by atoms with Crippen molar-refractivity contribution in [3.05, 3.63) is 29.3 Å². The van der Waals surface area contributed by atoms with Gasteiger partial charge in [0.15, 0.2) is 0 Å². The number of carbonyl (C=O) groups excluding carboxylic acids is 2. The molecule has 0 aliphatic carbocycles. The van der Waals surface area contributed by atoms with E-state index in [-0.39, 0.29) is 11.9 Å². The summed E-state index contributed by atoms with van der Waals surface area (Å²) < 4.78 is 10.6. The van der Waals surface area contributed by atoms with Crippen LogP contribution in [0, 0.1) is 6.92 Å². The van der Waals surface area contributed by atoms with E-state index in [0.717, 1.165) is 16.9 Å². The van der Waals surface area contributed by atoms with Crippen molar-refractivity contribution in [1.29, 1.82) is 0 Å². The summed E-state index contributed by atoms with van der Waals surface area (Å²) in [5.74, 6) is 0.672. The number of hydrogen-bond acceptors (Lipinski definition) is 4. The van der Waals surface area contributed by atoms with E-state index in [0.29, 0.717) is 32.7 Å². The molecular weight excluding hydrogens is 284 g/mol. The Balaban J connectivity index is 1.68. The number of carbonyl (C=O) groups is 2. The largest absolute Gasteiger partial charge is 0.496 e. The molecule has 2 aliphatic heterocycles. The molecule has 0 bridgehead atoms. The molecule has 3 amide bonds. The van der Waals surface area contributed by atoms with E-state index in [2.05, 4.69) is 0 Å². The summed E-state index contributed by atoms with van der Waals surface area (Å²) >= 11 is 0. The lowest BCUT2D eigenvalue weighted by Crippen LogP contribution is -2.45. The van der Waals surface area contributed by atoms with Gasteiger partial charge in [-0.25, -0.2) is 4.79 Å². The minimum atomic E-state index is -0.436. The molecule has 0 aromatic heterocycles. The van der Waals surface area contributed by atoms with Crippen LogP contribution in [0.1, 0.15) is 11.1 Å². The molecule has 1 unspecified atom stereocenters. The third-order valence-electron chi connectivity index (χ3n) is 4.25. The third-order valence-corrected chi connectivity index (χ3v) is 4.25. The van der Waals surface area contributed by atoms with Crippen molar-refractivity contribution in [2.45, 2.75) is 19.4 Å². The van der Waals surface area contributed by atoms with Crippen LogP contribution in [-0.4, -0.2) is 61.2 Å². The number of fused-ring (bicyclic) bond motifs is 1. The first-order valence-electron chi connectivity index (χ1n) is 7.45. The molecule has 0 N–H and O–H groups in total. The van der Waals surface area contributed by atoms with Gasteiger partial charge in [-0.05, 0) is 30.5 Å². The number of hydrogen-bond donors (Lipinski definition) is 0. The molecule has 2 saturated heterocycles. The van der Waals surface area contributed by atoms with Gasteiger partial charge in [-0.2, -0.15) is 0 Å². The minimum Gasteiger partial charge on any atom is -0.496 e. The average Bonchev–Trinajstić information content (AvgIpc) is 2.79. The topological polar surface area (TPSA) is 59.1 Å². The molecule has 1 aromatic carbocycles. The van der Waals surface area contributed by atoms with Gasteiger partial charge in [0.2, 0.25) is 0 Å². The molecule has 22 heavy (non-hydrogen) atoms. The lowest BCUT2D eigenvalue weighted by molar-refractivity contribution is -0.131. The molecule has 0 saturated carbocycles. The zero-order valence-corrected chi connectivity index (χ0v) is 12.9. The molecule has 6 nitrogen and oxygen atoms in total. The number of morpholine rings is 1. The summed E-state index contributed by atoms with van der Waals surface area (Å²) in [6.07, 6.45) is 0.621. The average molecular weight is 304 g/mol. The lowest BCUT2D eigenvalue weighted by atomic mass is 10.1. The summed E-state index contributed by atoms with van der Waals surface area (Å²) in [7, 11) is 1.64. The number of rotatable bonds is 4. The molecule has 1 atom stereocenters. The molecule has 2 aliphatic rings. The predicted octanol–water partition coefficient (Wildman–Crippen LogP) is 1.21. The number of imide groups is 1. The Morgan fingerprint density at radius 3 is 2.91 bits per heavy atom. The van der Waals surface area contributed by atoms with Gasteiger partial charge in [0.1, 0.15) is 11.8 Å². The van der Waals surface area contributed by atoms with Crippen molar-refractivity contribution in [2.75, 3.05) is 33.4 Å². The van der Waals surface area contributed by atoms with Crippen molar-refractivity contribution in [3.63, 3.8) is 0 Å². The first-order chi connectivity index (χ1) is 10.6. The number of aryl methyl sites for hydroxylation is 1. The Labute approximate surface area is 129 Å². The summed E-state index contributed by atoms with van der Waals surface area (Å²) in [5, 5.41) is 0. The number of amides is 3. The fraction of sp³-hybridized carbons (Fsp3) is 0.500. The minimum absolute atomic E-state index is 0.149. The van der Waals surface area contributed by atoms with Gasteiger partial charge in [0.25, 0.3) is 5.91 Å². The number of benzene rings is 1. The van der Waals surface area contributed by atoms with Crippen molar-refractivity contribution in [1.82, 2.24) is 9.80 Å². The Bertz CT molecular complexity index is 578. The molecule has 6 heteroatoms. The van der Waals surface area contributed by atoms with E-state index in [1.54, 1.807) is 12.0 Å². The first kappa shape index (κ1) is 14.8. The van der Waals surface area contributed by atoms with Gasteiger partial charge in [-0.1, -0.05) is 12.1 Å². The van der Waals surface area contributed by atoms with Gasteiger partial charge in [0.05, 0.1) is 20.3 Å². The Hall–Kier alpha value is -2.08. The van der Waals surface area contributed by atoms with Crippen LogP contribution in [0.15, 0.2) is 18.2 Å². The quantitative estimate of drug-likeness (QED) is 0.785. The third kappa shape index (κ3) is 2.54. The molecular formula is C16H20N2O4. The standard InChI is InChI=1S/C16H20N2O4/c1-11-3-4-12(9-14(11)21-2)5-6-18-15(19)13-10-22-8-7-17(13)16(18)20/h3-4,9,13H,5-8,10H2,1-2H3. The second-order valence-corrected chi connectivity index (χ2v) is 5.61. The van der Waals surface area contributed by atoms with E-state index >= 15 is 0 Å². The van der Waals surface area contributed by atoms with Crippen LogP contribution in [-0.2, 0) is 16.0 Å². The van der Waals surface area contributed by atoms with Crippen molar-refractivity contribution in [3.8, 4) is 5.75 Å². The van der Waals surface area contributed by atoms with Crippen LogP contribution < -0.4 is 4.74 Å². The van der Waals surface area contributed by atoms with Crippen LogP contribution in [0.25, 0.3) is 0 Å². The zero-order valence-electron chi connectivity index (χ0n) is 12.9. The number of urea groups is 1. The molecule has 0 radical (unpaired) electrons. The Morgan fingerprint density at radius 2 is 2.18 bits per heavy atom. The van der Waals surface area contributed by atoms with Gasteiger partial charge in [-0.15, -0.1) is 0 Å². The van der Waals surface area contributed by atoms with E-state index in [1.165, 1.54) is 4.90 Å². The Kier molecular flexibility index (Phi) is 4.02. The molecule has 3 rings (SSSR count). The second-order valence-electron chi connectivity index (χ2n) is 5.61. The number of ether oxygens (including phenoxy) is 2. The van der Waals surface area contributed by atoms with Gasteiger partial charge in [0, 0.05) is 13.1 Å². The maximum absolute atomic E-state index is 12.3. The van der Waals surface area contributed by atoms with Crippen LogP contribution in [0.2, 0.25) is 0 Å². The molecule has 0 spiro atoms. The van der Waals surface area contributed by atoms with E-state index in [9.17, 15) is 9.59 Å². The van der Waals surface area contributed by atoms with Crippen LogP contribution >= 0.6 is 0 Å². The van der Waals surface area contributed by atoms with Crippen LogP contribution in [0.5, 0.6) is 5.75 Å². The maximum atomic E-state index is 12.3. The highest BCUT2D eigenvalue weighted by Gasteiger charge is 2.46. The van der Waals surface area contributed by atoms with Crippen molar-refractivity contribution >= 4 is 11.9 Å². The summed E-state index contributed by atoms with van der Waals surface area (Å²) in [5.41, 5.74) is 2.11. The lowest BCUT2D eigenvalue weighted by Gasteiger charge is -2.26. The normalized spacial score (nSPS) is 21.3. The molecule has 2 fully saturated rings. The highest BCUT2D eigenvalue weighted by atomic mass is 16.5. The van der Waals surface area contributed by atoms with Crippen LogP contribution in [0.3, 0.4) is 0 Å². The number of methoxy groups -OCH3 is 1.